The summed E-state index contributed by atoms with van der Waals surface area (Å²) in [5.41, 5.74) is -0.468. The number of rotatable bonds is 5. The van der Waals surface area contributed by atoms with Gasteiger partial charge in [-0.25, -0.2) is 14.8 Å². The van der Waals surface area contributed by atoms with Crippen molar-refractivity contribution in [3.8, 4) is 17.4 Å². The van der Waals surface area contributed by atoms with Crippen molar-refractivity contribution in [1.82, 2.24) is 9.97 Å². The molecule has 1 fully saturated rings. The largest absolute Gasteiger partial charge is 0.439 e. The van der Waals surface area contributed by atoms with Crippen molar-refractivity contribution in [2.75, 3.05) is 18.0 Å². The van der Waals surface area contributed by atoms with E-state index in [2.05, 4.69) is 14.9 Å². The molecule has 31 heavy (non-hydrogen) atoms. The van der Waals surface area contributed by atoms with Gasteiger partial charge in [-0.1, -0.05) is 0 Å². The Morgan fingerprint density at radius 1 is 0.935 bits per heavy atom. The molecule has 9 heteroatoms. The molecular formula is C22H18F3N3O3. The van der Waals surface area contributed by atoms with Crippen molar-refractivity contribution in [2.24, 2.45) is 0 Å². The number of pyridine rings is 2. The Kier molecular flexibility index (Phi) is 5.75. The number of alkyl halides is 3. The van der Waals surface area contributed by atoms with Gasteiger partial charge in [-0.2, -0.15) is 13.2 Å². The number of benzene rings is 1. The lowest BCUT2D eigenvalue weighted by Gasteiger charge is -2.18. The SMILES string of the molecule is O=C(Oc1ccc(Oc2ccc(C(F)(F)F)cn2)cc1)c1cccnc1N1CCCC1. The number of carbonyl (C=O) groups is 1. The van der Waals surface area contributed by atoms with Crippen LogP contribution in [0.15, 0.2) is 60.9 Å². The highest BCUT2D eigenvalue weighted by atomic mass is 19.4. The van der Waals surface area contributed by atoms with Gasteiger partial charge in [0.15, 0.2) is 0 Å². The van der Waals surface area contributed by atoms with Crippen LogP contribution >= 0.6 is 0 Å². The Hall–Kier alpha value is -3.62. The molecule has 1 aliphatic rings. The molecule has 3 heterocycles. The Labute approximate surface area is 176 Å². The van der Waals surface area contributed by atoms with Crippen LogP contribution in [0, 0.1) is 0 Å². The van der Waals surface area contributed by atoms with Crippen LogP contribution in [-0.2, 0) is 6.18 Å². The van der Waals surface area contributed by atoms with Crippen molar-refractivity contribution < 1.29 is 27.4 Å². The number of anilines is 1. The number of aromatic nitrogens is 2. The van der Waals surface area contributed by atoms with Crippen LogP contribution in [-0.4, -0.2) is 29.0 Å². The van der Waals surface area contributed by atoms with Crippen LogP contribution in [0.1, 0.15) is 28.8 Å². The molecule has 0 amide bonds. The fraction of sp³-hybridized carbons (Fsp3) is 0.227. The standard InChI is InChI=1S/C22H18F3N3O3/c23-22(24,25)15-5-10-19(27-14-15)30-16-6-8-17(9-7-16)31-21(29)18-4-3-11-26-20(18)28-12-1-2-13-28/h3-11,14H,1-2,12-13H2. The summed E-state index contributed by atoms with van der Waals surface area (Å²) in [5.74, 6) is 0.745. The topological polar surface area (TPSA) is 64.5 Å². The predicted octanol–water partition coefficient (Wildman–Crippen LogP) is 5.11. The highest BCUT2D eigenvalue weighted by Crippen LogP contribution is 2.30. The van der Waals surface area contributed by atoms with Crippen molar-refractivity contribution in [3.63, 3.8) is 0 Å². The number of nitrogens with zero attached hydrogens (tertiary/aromatic N) is 3. The number of hydrogen-bond acceptors (Lipinski definition) is 6. The molecular weight excluding hydrogens is 411 g/mol. The van der Waals surface area contributed by atoms with Gasteiger partial charge in [0.1, 0.15) is 22.9 Å². The third kappa shape index (κ3) is 4.93. The van der Waals surface area contributed by atoms with Gasteiger partial charge in [0.25, 0.3) is 0 Å². The number of ether oxygens (including phenoxy) is 2. The Morgan fingerprint density at radius 2 is 1.65 bits per heavy atom. The molecule has 3 aromatic rings. The average Bonchev–Trinajstić information content (AvgIpc) is 3.30. The summed E-state index contributed by atoms with van der Waals surface area (Å²) in [7, 11) is 0. The quantitative estimate of drug-likeness (QED) is 0.415. The van der Waals surface area contributed by atoms with Crippen LogP contribution in [0.4, 0.5) is 19.0 Å². The summed E-state index contributed by atoms with van der Waals surface area (Å²) in [4.78, 5) is 22.7. The number of esters is 1. The summed E-state index contributed by atoms with van der Waals surface area (Å²) < 4.78 is 48.7. The molecule has 0 unspecified atom stereocenters. The first-order chi connectivity index (χ1) is 14.9. The maximum Gasteiger partial charge on any atom is 0.417 e. The zero-order chi connectivity index (χ0) is 21.8. The highest BCUT2D eigenvalue weighted by Gasteiger charge is 2.30. The Bertz CT molecular complexity index is 1050. The van der Waals surface area contributed by atoms with E-state index >= 15 is 0 Å². The summed E-state index contributed by atoms with van der Waals surface area (Å²) in [6.07, 6.45) is 0.00375. The molecule has 0 N–H and O–H groups in total. The molecule has 0 bridgehead atoms. The van der Waals surface area contributed by atoms with Gasteiger partial charge in [-0.3, -0.25) is 0 Å². The Morgan fingerprint density at radius 3 is 2.29 bits per heavy atom. The molecule has 0 spiro atoms. The molecule has 1 aromatic carbocycles. The van der Waals surface area contributed by atoms with E-state index in [1.807, 2.05) is 0 Å². The minimum absolute atomic E-state index is 0.0170. The molecule has 160 valence electrons. The zero-order valence-corrected chi connectivity index (χ0v) is 16.3. The fourth-order valence-corrected chi connectivity index (χ4v) is 3.20. The summed E-state index contributed by atoms with van der Waals surface area (Å²) >= 11 is 0. The molecule has 6 nitrogen and oxygen atoms in total. The third-order valence-electron chi connectivity index (χ3n) is 4.73. The van der Waals surface area contributed by atoms with Crippen molar-refractivity contribution in [2.45, 2.75) is 19.0 Å². The average molecular weight is 429 g/mol. The van der Waals surface area contributed by atoms with E-state index in [9.17, 15) is 18.0 Å². The summed E-state index contributed by atoms with van der Waals surface area (Å²) in [6, 6.07) is 11.5. The fourth-order valence-electron chi connectivity index (χ4n) is 3.20. The van der Waals surface area contributed by atoms with E-state index in [0.717, 1.165) is 38.1 Å². The summed E-state index contributed by atoms with van der Waals surface area (Å²) in [5, 5.41) is 0. The smallest absolute Gasteiger partial charge is 0.417 e. The monoisotopic (exact) mass is 429 g/mol. The molecule has 4 rings (SSSR count). The van der Waals surface area contributed by atoms with E-state index in [1.165, 1.54) is 24.3 Å². The minimum atomic E-state index is -4.46. The molecule has 0 saturated carbocycles. The molecule has 0 atom stereocenters. The van der Waals surface area contributed by atoms with Gasteiger partial charge in [-0.05, 0) is 55.3 Å². The van der Waals surface area contributed by atoms with E-state index in [-0.39, 0.29) is 5.88 Å². The normalized spacial score (nSPS) is 13.8. The molecule has 0 aliphatic carbocycles. The lowest BCUT2D eigenvalue weighted by atomic mass is 10.2. The van der Waals surface area contributed by atoms with E-state index in [0.29, 0.717) is 29.1 Å². The van der Waals surface area contributed by atoms with E-state index in [1.54, 1.807) is 18.3 Å². The van der Waals surface area contributed by atoms with Crippen LogP contribution in [0.2, 0.25) is 0 Å². The number of hydrogen-bond donors (Lipinski definition) is 0. The molecule has 2 aromatic heterocycles. The predicted molar refractivity (Wildman–Crippen MR) is 106 cm³/mol. The summed E-state index contributed by atoms with van der Waals surface area (Å²) in [6.45, 7) is 1.70. The minimum Gasteiger partial charge on any atom is -0.439 e. The van der Waals surface area contributed by atoms with Gasteiger partial charge in [0.05, 0.1) is 5.56 Å². The van der Waals surface area contributed by atoms with Crippen LogP contribution in [0.5, 0.6) is 17.4 Å². The van der Waals surface area contributed by atoms with Gasteiger partial charge >= 0.3 is 12.1 Å². The first kappa shape index (κ1) is 20.6. The van der Waals surface area contributed by atoms with Gasteiger partial charge in [0, 0.05) is 31.5 Å². The first-order valence-electron chi connectivity index (χ1n) is 9.63. The maximum atomic E-state index is 12.7. The van der Waals surface area contributed by atoms with E-state index < -0.39 is 17.7 Å². The molecule has 1 saturated heterocycles. The Balaban J connectivity index is 1.42. The lowest BCUT2D eigenvalue weighted by Crippen LogP contribution is -2.23. The van der Waals surface area contributed by atoms with Gasteiger partial charge in [-0.15, -0.1) is 0 Å². The van der Waals surface area contributed by atoms with E-state index in [4.69, 9.17) is 9.47 Å². The van der Waals surface area contributed by atoms with Crippen molar-refractivity contribution >= 4 is 11.8 Å². The van der Waals surface area contributed by atoms with Crippen molar-refractivity contribution in [3.05, 3.63) is 72.1 Å². The lowest BCUT2D eigenvalue weighted by molar-refractivity contribution is -0.137. The van der Waals surface area contributed by atoms with Gasteiger partial charge in [0.2, 0.25) is 5.88 Å². The van der Waals surface area contributed by atoms with Gasteiger partial charge < -0.3 is 14.4 Å². The number of halogens is 3. The van der Waals surface area contributed by atoms with Crippen LogP contribution in [0.25, 0.3) is 0 Å². The second kappa shape index (κ2) is 8.63. The molecule has 0 radical (unpaired) electrons. The van der Waals surface area contributed by atoms with Crippen LogP contribution < -0.4 is 14.4 Å². The third-order valence-corrected chi connectivity index (χ3v) is 4.73. The zero-order valence-electron chi connectivity index (χ0n) is 16.3. The second-order valence-electron chi connectivity index (χ2n) is 6.91. The highest BCUT2D eigenvalue weighted by molar-refractivity contribution is 5.96. The second-order valence-corrected chi connectivity index (χ2v) is 6.91. The molecule has 1 aliphatic heterocycles. The first-order valence-corrected chi connectivity index (χ1v) is 9.63. The maximum absolute atomic E-state index is 12.7. The number of carbonyl (C=O) groups excluding carboxylic acids is 1. The van der Waals surface area contributed by atoms with Crippen molar-refractivity contribution in [1.29, 1.82) is 0 Å². The van der Waals surface area contributed by atoms with Crippen LogP contribution in [0.3, 0.4) is 0 Å².